The number of nitrogen functional groups attached to an aromatic ring is 1. The molecule has 1 heterocycles. The van der Waals surface area contributed by atoms with Gasteiger partial charge in [-0.2, -0.15) is 8.42 Å². The minimum atomic E-state index is -4.49. The van der Waals surface area contributed by atoms with Crippen LogP contribution in [0.4, 0.5) is 17.1 Å². The van der Waals surface area contributed by atoms with Gasteiger partial charge in [-0.1, -0.05) is 62.6 Å². The van der Waals surface area contributed by atoms with E-state index in [-0.39, 0.29) is 45.8 Å². The van der Waals surface area contributed by atoms with Crippen LogP contribution in [0.25, 0.3) is 22.0 Å². The van der Waals surface area contributed by atoms with Gasteiger partial charge in [-0.3, -0.25) is 9.54 Å². The maximum absolute atomic E-state index is 11.9. The van der Waals surface area contributed by atoms with Crippen LogP contribution >= 0.6 is 0 Å². The van der Waals surface area contributed by atoms with Gasteiger partial charge < -0.3 is 10.5 Å². The molecule has 37 heavy (non-hydrogen) atoms. The quantitative estimate of drug-likeness (QED) is 0.0800. The number of unbranched alkanes of at least 4 members (excludes halogenated alkanes) is 3. The Hall–Kier alpha value is -2.82. The van der Waals surface area contributed by atoms with Crippen molar-refractivity contribution >= 4 is 67.5 Å². The van der Waals surface area contributed by atoms with Crippen LogP contribution in [0.2, 0.25) is 0 Å². The SMILES string of the molecule is CCCCCCOc1ccccc1-c1ccc(N=Nc2cc(S(=O)(=O)O)c3ccccc3c2N)cn1.[NaH]. The van der Waals surface area contributed by atoms with Crippen molar-refractivity contribution in [3.63, 3.8) is 0 Å². The van der Waals surface area contributed by atoms with Crippen molar-refractivity contribution in [3.05, 3.63) is 72.9 Å². The fraction of sp³-hybridized carbons (Fsp3) is 0.222. The number of hydrogen-bond donors (Lipinski definition) is 2. The second-order valence-electron chi connectivity index (χ2n) is 8.34. The molecule has 0 aliphatic rings. The summed E-state index contributed by atoms with van der Waals surface area (Å²) in [5.41, 5.74) is 8.68. The van der Waals surface area contributed by atoms with Gasteiger partial charge in [-0.15, -0.1) is 10.2 Å². The fourth-order valence-corrected chi connectivity index (χ4v) is 4.59. The zero-order chi connectivity index (χ0) is 25.5. The molecule has 0 aliphatic carbocycles. The van der Waals surface area contributed by atoms with Gasteiger partial charge in [0.25, 0.3) is 10.1 Å². The van der Waals surface area contributed by atoms with Crippen molar-refractivity contribution in [2.45, 2.75) is 37.5 Å². The molecule has 0 fully saturated rings. The second-order valence-corrected chi connectivity index (χ2v) is 9.73. The predicted octanol–water partition coefficient (Wildman–Crippen LogP) is 6.46. The fourth-order valence-electron chi connectivity index (χ4n) is 3.88. The number of ether oxygens (including phenoxy) is 1. The minimum absolute atomic E-state index is 0. The summed E-state index contributed by atoms with van der Waals surface area (Å²) in [7, 11) is -4.49. The van der Waals surface area contributed by atoms with Gasteiger partial charge in [0.15, 0.2) is 0 Å². The van der Waals surface area contributed by atoms with Gasteiger partial charge in [0.05, 0.1) is 24.2 Å². The molecule has 8 nitrogen and oxygen atoms in total. The Morgan fingerprint density at radius 3 is 2.38 bits per heavy atom. The van der Waals surface area contributed by atoms with Gasteiger partial charge >= 0.3 is 29.6 Å². The number of benzene rings is 3. The van der Waals surface area contributed by atoms with E-state index in [9.17, 15) is 13.0 Å². The summed E-state index contributed by atoms with van der Waals surface area (Å²) >= 11 is 0. The standard InChI is InChI=1S/C27H28N4O4S.Na.H/c1-2-3-4-9-16-35-25-13-8-7-12-22(25)23-15-14-19(18-29-23)30-31-24-17-26(36(32,33)34)20-10-5-6-11-21(20)27(24)28;;/h5-8,10-15,17-18H,2-4,9,16,28H2,1H3,(H,32,33,34);;. The van der Waals surface area contributed by atoms with E-state index in [1.54, 1.807) is 36.5 Å². The molecular formula is C27H29N4NaO4S. The van der Waals surface area contributed by atoms with E-state index in [1.165, 1.54) is 18.9 Å². The third-order valence-corrected chi connectivity index (χ3v) is 6.64. The Kier molecular flexibility index (Phi) is 10.2. The summed E-state index contributed by atoms with van der Waals surface area (Å²) in [6.45, 7) is 2.83. The van der Waals surface area contributed by atoms with Crippen molar-refractivity contribution in [1.29, 1.82) is 0 Å². The summed E-state index contributed by atoms with van der Waals surface area (Å²) in [4.78, 5) is 4.23. The summed E-state index contributed by atoms with van der Waals surface area (Å²) in [6, 6.07) is 19.2. The number of nitrogens with two attached hydrogens (primary N) is 1. The number of rotatable bonds is 10. The van der Waals surface area contributed by atoms with Crippen LogP contribution in [0.15, 0.2) is 88.1 Å². The number of para-hydroxylation sites is 1. The van der Waals surface area contributed by atoms with E-state index in [0.717, 1.165) is 29.8 Å². The molecule has 0 aliphatic heterocycles. The molecule has 0 radical (unpaired) electrons. The molecule has 4 rings (SSSR count). The van der Waals surface area contributed by atoms with Crippen LogP contribution < -0.4 is 10.5 Å². The Balaban J connectivity index is 0.00000380. The van der Waals surface area contributed by atoms with Crippen LogP contribution in [-0.4, -0.2) is 54.1 Å². The molecule has 3 aromatic carbocycles. The molecular weight excluding hydrogens is 499 g/mol. The predicted molar refractivity (Wildman–Crippen MR) is 149 cm³/mol. The van der Waals surface area contributed by atoms with Crippen molar-refractivity contribution in [3.8, 4) is 17.0 Å². The van der Waals surface area contributed by atoms with E-state index in [1.807, 2.05) is 30.3 Å². The van der Waals surface area contributed by atoms with Gasteiger partial charge in [0, 0.05) is 16.3 Å². The zero-order valence-electron chi connectivity index (χ0n) is 20.0. The molecule has 0 atom stereocenters. The van der Waals surface area contributed by atoms with Crippen LogP contribution in [0.1, 0.15) is 32.6 Å². The van der Waals surface area contributed by atoms with Crippen LogP contribution in [-0.2, 0) is 10.1 Å². The summed E-state index contributed by atoms with van der Waals surface area (Å²) in [5, 5.41) is 9.10. The summed E-state index contributed by atoms with van der Waals surface area (Å²) in [6.07, 6.45) is 6.10. The zero-order valence-corrected chi connectivity index (χ0v) is 20.8. The molecule has 0 unspecified atom stereocenters. The number of fused-ring (bicyclic) bond motifs is 1. The van der Waals surface area contributed by atoms with Gasteiger partial charge in [0.1, 0.15) is 22.0 Å². The number of hydrogen-bond acceptors (Lipinski definition) is 7. The van der Waals surface area contributed by atoms with E-state index >= 15 is 0 Å². The summed E-state index contributed by atoms with van der Waals surface area (Å²) in [5.74, 6) is 0.776. The van der Waals surface area contributed by atoms with E-state index in [2.05, 4.69) is 22.1 Å². The molecule has 1 aromatic heterocycles. The number of pyridine rings is 1. The average molecular weight is 529 g/mol. The normalized spacial score (nSPS) is 11.5. The van der Waals surface area contributed by atoms with E-state index in [4.69, 9.17) is 10.5 Å². The topological polar surface area (TPSA) is 127 Å². The Morgan fingerprint density at radius 1 is 0.946 bits per heavy atom. The Morgan fingerprint density at radius 2 is 1.68 bits per heavy atom. The van der Waals surface area contributed by atoms with E-state index in [0.29, 0.717) is 23.1 Å². The third-order valence-electron chi connectivity index (χ3n) is 5.74. The van der Waals surface area contributed by atoms with Crippen molar-refractivity contribution in [2.24, 2.45) is 10.2 Å². The second kappa shape index (κ2) is 13.1. The first-order valence-corrected chi connectivity index (χ1v) is 13.2. The molecule has 0 spiro atoms. The molecule has 3 N–H and O–H groups in total. The molecule has 4 aromatic rings. The molecule has 188 valence electrons. The first kappa shape index (κ1) is 28.7. The number of nitrogens with zero attached hydrogens (tertiary/aromatic N) is 3. The molecule has 0 amide bonds. The number of aromatic nitrogens is 1. The number of azo groups is 1. The molecule has 0 saturated heterocycles. The third kappa shape index (κ3) is 7.15. The molecule has 0 saturated carbocycles. The van der Waals surface area contributed by atoms with Crippen molar-refractivity contribution in [1.82, 2.24) is 4.98 Å². The Labute approximate surface area is 239 Å². The van der Waals surface area contributed by atoms with Gasteiger partial charge in [0.2, 0.25) is 0 Å². The average Bonchev–Trinajstić information content (AvgIpc) is 2.88. The van der Waals surface area contributed by atoms with Crippen LogP contribution in [0.3, 0.4) is 0 Å². The number of anilines is 1. The van der Waals surface area contributed by atoms with Crippen molar-refractivity contribution in [2.75, 3.05) is 12.3 Å². The maximum atomic E-state index is 11.9. The molecule has 0 bridgehead atoms. The first-order chi connectivity index (χ1) is 17.4. The van der Waals surface area contributed by atoms with Crippen LogP contribution in [0, 0.1) is 0 Å². The van der Waals surface area contributed by atoms with Crippen LogP contribution in [0.5, 0.6) is 5.75 Å². The first-order valence-electron chi connectivity index (χ1n) is 11.8. The monoisotopic (exact) mass is 528 g/mol. The molecule has 10 heteroatoms. The van der Waals surface area contributed by atoms with Gasteiger partial charge in [-0.05, 0) is 36.8 Å². The van der Waals surface area contributed by atoms with Gasteiger partial charge in [-0.25, -0.2) is 0 Å². The Bertz CT molecular complexity index is 1490. The van der Waals surface area contributed by atoms with E-state index < -0.39 is 10.1 Å². The summed E-state index contributed by atoms with van der Waals surface area (Å²) < 4.78 is 39.5. The van der Waals surface area contributed by atoms with Crippen molar-refractivity contribution < 1.29 is 17.7 Å².